The Labute approximate surface area is 236 Å². The fourth-order valence-electron chi connectivity index (χ4n) is 7.51. The highest BCUT2D eigenvalue weighted by atomic mass is 19.4. The van der Waals surface area contributed by atoms with E-state index in [0.717, 1.165) is 23.3 Å². The first kappa shape index (κ1) is 27.6. The molecule has 2 aliphatic carbocycles. The number of carbonyl (C=O) groups is 1. The van der Waals surface area contributed by atoms with Gasteiger partial charge < -0.3 is 4.90 Å². The van der Waals surface area contributed by atoms with Crippen LogP contribution < -0.4 is 0 Å². The predicted molar refractivity (Wildman–Crippen MR) is 147 cm³/mol. The molecule has 214 valence electrons. The van der Waals surface area contributed by atoms with E-state index in [1.807, 2.05) is 32.3 Å². The van der Waals surface area contributed by atoms with Crippen molar-refractivity contribution in [3.63, 3.8) is 0 Å². The van der Waals surface area contributed by atoms with Crippen LogP contribution in [-0.4, -0.2) is 41.9 Å². The third kappa shape index (κ3) is 4.38. The number of benzene rings is 3. The summed E-state index contributed by atoms with van der Waals surface area (Å²) >= 11 is 0. The first-order chi connectivity index (χ1) is 19.5. The van der Waals surface area contributed by atoms with Crippen molar-refractivity contribution in [3.8, 4) is 0 Å². The molecule has 0 bridgehead atoms. The fraction of sp³-hybridized carbons (Fsp3) is 0.364. The molecule has 0 saturated heterocycles. The highest BCUT2D eigenvalue weighted by Crippen LogP contribution is 2.55. The Kier molecular flexibility index (Phi) is 6.60. The molecule has 0 unspecified atom stereocenters. The van der Waals surface area contributed by atoms with Gasteiger partial charge >= 0.3 is 6.18 Å². The molecule has 1 fully saturated rings. The molecule has 41 heavy (non-hydrogen) atoms. The van der Waals surface area contributed by atoms with Gasteiger partial charge in [0.1, 0.15) is 11.6 Å². The molecule has 1 aliphatic heterocycles. The summed E-state index contributed by atoms with van der Waals surface area (Å²) in [5, 5.41) is 0. The number of amides is 1. The van der Waals surface area contributed by atoms with Crippen LogP contribution in [0.3, 0.4) is 0 Å². The van der Waals surface area contributed by atoms with Crippen molar-refractivity contribution in [2.75, 3.05) is 20.6 Å². The van der Waals surface area contributed by atoms with Gasteiger partial charge in [0.2, 0.25) is 0 Å². The van der Waals surface area contributed by atoms with Crippen molar-refractivity contribution in [1.29, 1.82) is 0 Å². The number of nitrogens with zero attached hydrogens (tertiary/aromatic N) is 2. The molecule has 1 amide bonds. The van der Waals surface area contributed by atoms with Gasteiger partial charge in [0, 0.05) is 17.6 Å². The monoisotopic (exact) mass is 566 g/mol. The van der Waals surface area contributed by atoms with E-state index >= 15 is 0 Å². The molecule has 0 aromatic heterocycles. The molecule has 3 aromatic rings. The molecule has 6 rings (SSSR count). The van der Waals surface area contributed by atoms with Crippen LogP contribution >= 0.6 is 0 Å². The Hall–Kier alpha value is -3.52. The summed E-state index contributed by atoms with van der Waals surface area (Å²) in [6.45, 7) is 0.347. The number of hydrogen-bond acceptors (Lipinski definition) is 2. The van der Waals surface area contributed by atoms with Crippen LogP contribution in [0.4, 0.5) is 22.0 Å². The lowest BCUT2D eigenvalue weighted by atomic mass is 9.63. The molecule has 8 heteroatoms. The summed E-state index contributed by atoms with van der Waals surface area (Å²) in [5.74, 6) is -2.24. The van der Waals surface area contributed by atoms with E-state index in [0.29, 0.717) is 51.1 Å². The molecule has 0 atom stereocenters. The molecule has 0 N–H and O–H groups in total. The summed E-state index contributed by atoms with van der Waals surface area (Å²) in [6, 6.07) is 17.3. The maximum atomic E-state index is 14.3. The second-order valence-corrected chi connectivity index (χ2v) is 11.7. The number of carbonyl (C=O) groups excluding carboxylic acids is 1. The molecule has 3 aliphatic rings. The van der Waals surface area contributed by atoms with Crippen molar-refractivity contribution < 1.29 is 26.7 Å². The fourth-order valence-corrected chi connectivity index (χ4v) is 7.51. The number of halogens is 5. The van der Waals surface area contributed by atoms with Gasteiger partial charge in [0.05, 0.1) is 11.1 Å². The van der Waals surface area contributed by atoms with Gasteiger partial charge in [-0.25, -0.2) is 8.78 Å². The number of rotatable bonds is 3. The molecular weight excluding hydrogens is 535 g/mol. The highest BCUT2D eigenvalue weighted by Gasteiger charge is 2.54. The smallest absolute Gasteiger partial charge is 0.329 e. The minimum Gasteiger partial charge on any atom is -0.329 e. The minimum absolute atomic E-state index is 0.174. The largest absolute Gasteiger partial charge is 0.419 e. The zero-order valence-corrected chi connectivity index (χ0v) is 23.0. The van der Waals surface area contributed by atoms with Gasteiger partial charge in [-0.15, -0.1) is 0 Å². The van der Waals surface area contributed by atoms with Gasteiger partial charge in [-0.3, -0.25) is 9.69 Å². The summed E-state index contributed by atoms with van der Waals surface area (Å²) < 4.78 is 69.1. The van der Waals surface area contributed by atoms with Crippen LogP contribution in [0.5, 0.6) is 0 Å². The number of hydrogen-bond donors (Lipinski definition) is 0. The average Bonchev–Trinajstić information content (AvgIpc) is 3.33. The summed E-state index contributed by atoms with van der Waals surface area (Å²) in [4.78, 5) is 17.9. The molecule has 3 aromatic carbocycles. The molecule has 0 radical (unpaired) electrons. The third-order valence-corrected chi connectivity index (χ3v) is 9.62. The van der Waals surface area contributed by atoms with Gasteiger partial charge in [-0.2, -0.15) is 13.2 Å². The minimum atomic E-state index is -4.91. The molecule has 3 nitrogen and oxygen atoms in total. The van der Waals surface area contributed by atoms with Crippen molar-refractivity contribution in [3.05, 3.63) is 112 Å². The third-order valence-electron chi connectivity index (χ3n) is 9.62. The van der Waals surface area contributed by atoms with Gasteiger partial charge in [0.25, 0.3) is 5.91 Å². The first-order valence-corrected chi connectivity index (χ1v) is 13.9. The second-order valence-electron chi connectivity index (χ2n) is 11.7. The number of fused-ring (bicyclic) bond motifs is 3. The molecular formula is C33H31F5N2O. The first-order valence-electron chi connectivity index (χ1n) is 13.9. The van der Waals surface area contributed by atoms with Crippen molar-refractivity contribution >= 4 is 11.5 Å². The Balaban J connectivity index is 1.44. The standard InChI is InChI=1S/C33H31F5N2O/c1-39(2)31(23-7-5-8-24(34)20-23)13-15-32(16-14-31)27-18-21-6-3-4-9-25(21)26(27)12-17-40(32)30(41)22-10-11-29(35)28(19-22)33(36,37)38/h3-11,19-20H,12-18H2,1-2H3. The van der Waals surface area contributed by atoms with Crippen LogP contribution in [-0.2, 0) is 18.1 Å². The van der Waals surface area contributed by atoms with E-state index < -0.39 is 34.5 Å². The predicted octanol–water partition coefficient (Wildman–Crippen LogP) is 7.61. The van der Waals surface area contributed by atoms with Crippen LogP contribution in [0.1, 0.15) is 64.7 Å². The lowest BCUT2D eigenvalue weighted by Gasteiger charge is -2.56. The van der Waals surface area contributed by atoms with Gasteiger partial charge in [-0.05, 0) is 111 Å². The summed E-state index contributed by atoms with van der Waals surface area (Å²) in [6.07, 6.45) is -1.28. The van der Waals surface area contributed by atoms with E-state index in [1.54, 1.807) is 17.0 Å². The van der Waals surface area contributed by atoms with Crippen molar-refractivity contribution in [1.82, 2.24) is 9.80 Å². The van der Waals surface area contributed by atoms with E-state index in [2.05, 4.69) is 17.0 Å². The van der Waals surface area contributed by atoms with Crippen LogP contribution in [0, 0.1) is 11.6 Å². The second kappa shape index (κ2) is 9.79. The van der Waals surface area contributed by atoms with E-state index in [-0.39, 0.29) is 11.4 Å². The Bertz CT molecular complexity index is 1550. The van der Waals surface area contributed by atoms with Crippen molar-refractivity contribution in [2.24, 2.45) is 0 Å². The number of alkyl halides is 3. The molecule has 1 saturated carbocycles. The Morgan fingerprint density at radius 1 is 0.902 bits per heavy atom. The normalized spacial score (nSPS) is 24.1. The van der Waals surface area contributed by atoms with Crippen LogP contribution in [0.25, 0.3) is 5.57 Å². The van der Waals surface area contributed by atoms with E-state index in [9.17, 15) is 26.7 Å². The van der Waals surface area contributed by atoms with Crippen LogP contribution in [0.15, 0.2) is 72.3 Å². The maximum Gasteiger partial charge on any atom is 0.419 e. The van der Waals surface area contributed by atoms with Crippen LogP contribution in [0.2, 0.25) is 0 Å². The zero-order chi connectivity index (χ0) is 29.2. The SMILES string of the molecule is CN(C)C1(c2cccc(F)c2)CCC2(CC1)C1=C(CCN2C(=O)c2ccc(F)c(C(F)(F)F)c2)c2ccccc2C1. The maximum absolute atomic E-state index is 14.3. The zero-order valence-electron chi connectivity index (χ0n) is 23.0. The topological polar surface area (TPSA) is 23.6 Å². The summed E-state index contributed by atoms with van der Waals surface area (Å²) in [5.41, 5.74) is 2.77. The van der Waals surface area contributed by atoms with E-state index in [4.69, 9.17) is 0 Å². The molecule has 1 spiro atoms. The lowest BCUT2D eigenvalue weighted by molar-refractivity contribution is -0.140. The quantitative estimate of drug-likeness (QED) is 0.305. The Morgan fingerprint density at radius 2 is 1.63 bits per heavy atom. The van der Waals surface area contributed by atoms with Crippen molar-refractivity contribution in [2.45, 2.75) is 55.8 Å². The lowest BCUT2D eigenvalue weighted by Crippen LogP contribution is -2.60. The van der Waals surface area contributed by atoms with Gasteiger partial charge in [-0.1, -0.05) is 36.4 Å². The molecule has 1 heterocycles. The van der Waals surface area contributed by atoms with Gasteiger partial charge in [0.15, 0.2) is 0 Å². The Morgan fingerprint density at radius 3 is 2.32 bits per heavy atom. The van der Waals surface area contributed by atoms with E-state index in [1.165, 1.54) is 22.8 Å². The average molecular weight is 567 g/mol. The summed E-state index contributed by atoms with van der Waals surface area (Å²) in [7, 11) is 3.94. The highest BCUT2D eigenvalue weighted by molar-refractivity contribution is 5.96.